The molecule has 0 aliphatic carbocycles. The number of nitrogens with two attached hydrogens (primary N) is 1. The molecule has 1 fully saturated rings. The summed E-state index contributed by atoms with van der Waals surface area (Å²) in [5, 5.41) is 0. The Morgan fingerprint density at radius 1 is 1.47 bits per heavy atom. The lowest BCUT2D eigenvalue weighted by atomic mass is 9.93. The Hall–Kier alpha value is -0.770. The van der Waals surface area contributed by atoms with Crippen molar-refractivity contribution in [1.82, 2.24) is 4.98 Å². The van der Waals surface area contributed by atoms with Crippen LogP contribution in [-0.4, -0.2) is 18.1 Å². The van der Waals surface area contributed by atoms with E-state index in [2.05, 4.69) is 39.7 Å². The van der Waals surface area contributed by atoms with E-state index < -0.39 is 0 Å². The van der Waals surface area contributed by atoms with E-state index >= 15 is 0 Å². The fourth-order valence-electron chi connectivity index (χ4n) is 2.08. The van der Waals surface area contributed by atoms with E-state index in [1.807, 2.05) is 0 Å². The highest BCUT2D eigenvalue weighted by Crippen LogP contribution is 2.38. The Kier molecular flexibility index (Phi) is 2.63. The molecule has 0 spiro atoms. The van der Waals surface area contributed by atoms with Gasteiger partial charge in [-0.3, -0.25) is 4.98 Å². The zero-order valence-corrected chi connectivity index (χ0v) is 10.7. The number of aromatic nitrogens is 1. The molecule has 2 N–H and O–H groups in total. The number of hydrogen-bond acceptors (Lipinski definition) is 3. The van der Waals surface area contributed by atoms with Gasteiger partial charge in [-0.05, 0) is 27.8 Å². The summed E-state index contributed by atoms with van der Waals surface area (Å²) in [6.45, 7) is 6.70. The number of anilines is 2. The molecule has 0 amide bonds. The van der Waals surface area contributed by atoms with Crippen LogP contribution in [0.4, 0.5) is 11.4 Å². The Bertz CT molecular complexity index is 356. The molecule has 1 saturated heterocycles. The van der Waals surface area contributed by atoms with Crippen molar-refractivity contribution in [2.24, 2.45) is 5.41 Å². The zero-order valence-electron chi connectivity index (χ0n) is 9.13. The van der Waals surface area contributed by atoms with Gasteiger partial charge in [0.25, 0.3) is 0 Å². The third-order valence-corrected chi connectivity index (χ3v) is 3.48. The molecule has 0 saturated carbocycles. The molecule has 82 valence electrons. The van der Waals surface area contributed by atoms with Crippen molar-refractivity contribution < 1.29 is 0 Å². The van der Waals surface area contributed by atoms with Gasteiger partial charge in [-0.25, -0.2) is 0 Å². The highest BCUT2D eigenvalue weighted by Gasteiger charge is 2.30. The number of pyridine rings is 1. The standard InChI is InChI=1S/C11H16BrN3/c1-11(2)3-4-15(7-11)10-8(12)5-14-6-9(10)13/h5-6H,3-4,7,13H2,1-2H3. The number of hydrogen-bond donors (Lipinski definition) is 1. The van der Waals surface area contributed by atoms with E-state index in [-0.39, 0.29) is 0 Å². The van der Waals surface area contributed by atoms with Crippen molar-refractivity contribution in [2.75, 3.05) is 23.7 Å². The maximum absolute atomic E-state index is 5.96. The lowest BCUT2D eigenvalue weighted by Gasteiger charge is -2.23. The molecule has 1 aromatic rings. The van der Waals surface area contributed by atoms with Gasteiger partial charge in [-0.2, -0.15) is 0 Å². The number of rotatable bonds is 1. The molecule has 0 bridgehead atoms. The van der Waals surface area contributed by atoms with Crippen molar-refractivity contribution in [3.05, 3.63) is 16.9 Å². The summed E-state index contributed by atoms with van der Waals surface area (Å²) in [7, 11) is 0. The molecule has 1 aliphatic rings. The van der Waals surface area contributed by atoms with Crippen molar-refractivity contribution in [3.63, 3.8) is 0 Å². The molecular formula is C11H16BrN3. The average Bonchev–Trinajstić information content (AvgIpc) is 2.46. The van der Waals surface area contributed by atoms with Crippen molar-refractivity contribution in [3.8, 4) is 0 Å². The lowest BCUT2D eigenvalue weighted by molar-refractivity contribution is 0.418. The van der Waals surface area contributed by atoms with Crippen LogP contribution in [0.5, 0.6) is 0 Å². The molecule has 2 rings (SSSR count). The minimum atomic E-state index is 0.384. The van der Waals surface area contributed by atoms with Crippen LogP contribution in [-0.2, 0) is 0 Å². The lowest BCUT2D eigenvalue weighted by Crippen LogP contribution is -2.24. The third kappa shape index (κ3) is 2.09. The molecule has 0 unspecified atom stereocenters. The first kappa shape index (κ1) is 10.7. The quantitative estimate of drug-likeness (QED) is 0.853. The van der Waals surface area contributed by atoms with Gasteiger partial charge in [0.15, 0.2) is 0 Å². The summed E-state index contributed by atoms with van der Waals surface area (Å²) in [6.07, 6.45) is 4.73. The van der Waals surface area contributed by atoms with E-state index in [0.717, 1.165) is 28.9 Å². The fraction of sp³-hybridized carbons (Fsp3) is 0.545. The molecule has 0 atom stereocenters. The summed E-state index contributed by atoms with van der Waals surface area (Å²) >= 11 is 3.51. The first-order valence-electron chi connectivity index (χ1n) is 5.13. The topological polar surface area (TPSA) is 42.1 Å². The third-order valence-electron chi connectivity index (χ3n) is 2.89. The molecule has 4 heteroatoms. The number of nitrogen functional groups attached to an aromatic ring is 1. The number of nitrogens with zero attached hydrogens (tertiary/aromatic N) is 2. The van der Waals surface area contributed by atoms with Gasteiger partial charge in [0.2, 0.25) is 0 Å². The second-order valence-corrected chi connectivity index (χ2v) is 5.75. The highest BCUT2D eigenvalue weighted by atomic mass is 79.9. The Labute approximate surface area is 98.8 Å². The minimum absolute atomic E-state index is 0.384. The van der Waals surface area contributed by atoms with E-state index in [1.54, 1.807) is 12.4 Å². The van der Waals surface area contributed by atoms with Crippen LogP contribution >= 0.6 is 15.9 Å². The van der Waals surface area contributed by atoms with Gasteiger partial charge in [0.1, 0.15) is 0 Å². The number of halogens is 1. The van der Waals surface area contributed by atoms with E-state index in [9.17, 15) is 0 Å². The normalized spacial score (nSPS) is 19.5. The van der Waals surface area contributed by atoms with Crippen LogP contribution < -0.4 is 10.6 Å². The first-order chi connectivity index (χ1) is 6.99. The Balaban J connectivity index is 2.31. The van der Waals surface area contributed by atoms with Gasteiger partial charge in [-0.1, -0.05) is 13.8 Å². The highest BCUT2D eigenvalue weighted by molar-refractivity contribution is 9.10. The molecule has 0 aromatic carbocycles. The molecule has 15 heavy (non-hydrogen) atoms. The van der Waals surface area contributed by atoms with Crippen molar-refractivity contribution in [1.29, 1.82) is 0 Å². The average molecular weight is 270 g/mol. The summed E-state index contributed by atoms with van der Waals surface area (Å²) in [5.41, 5.74) is 8.18. The van der Waals surface area contributed by atoms with Crippen LogP contribution in [0, 0.1) is 5.41 Å². The summed E-state index contributed by atoms with van der Waals surface area (Å²) in [6, 6.07) is 0. The maximum atomic E-state index is 5.96. The zero-order chi connectivity index (χ0) is 11.1. The predicted octanol–water partition coefficient (Wildman–Crippen LogP) is 2.66. The molecule has 1 aliphatic heterocycles. The van der Waals surface area contributed by atoms with Gasteiger partial charge in [0.05, 0.1) is 22.0 Å². The van der Waals surface area contributed by atoms with Gasteiger partial charge >= 0.3 is 0 Å². The minimum Gasteiger partial charge on any atom is -0.396 e. The second-order valence-electron chi connectivity index (χ2n) is 4.89. The smallest absolute Gasteiger partial charge is 0.0776 e. The Morgan fingerprint density at radius 3 is 2.73 bits per heavy atom. The van der Waals surface area contributed by atoms with Crippen LogP contribution in [0.1, 0.15) is 20.3 Å². The van der Waals surface area contributed by atoms with Gasteiger partial charge in [0, 0.05) is 19.3 Å². The first-order valence-corrected chi connectivity index (χ1v) is 5.93. The van der Waals surface area contributed by atoms with Crippen molar-refractivity contribution in [2.45, 2.75) is 20.3 Å². The van der Waals surface area contributed by atoms with E-state index in [4.69, 9.17) is 5.73 Å². The second kappa shape index (κ2) is 3.67. The van der Waals surface area contributed by atoms with E-state index in [1.165, 1.54) is 6.42 Å². The van der Waals surface area contributed by atoms with Crippen LogP contribution in [0.15, 0.2) is 16.9 Å². The molecule has 1 aromatic heterocycles. The summed E-state index contributed by atoms with van der Waals surface area (Å²) in [5.74, 6) is 0. The molecular weight excluding hydrogens is 254 g/mol. The largest absolute Gasteiger partial charge is 0.396 e. The predicted molar refractivity (Wildman–Crippen MR) is 67.0 cm³/mol. The molecule has 3 nitrogen and oxygen atoms in total. The van der Waals surface area contributed by atoms with Crippen LogP contribution in [0.25, 0.3) is 0 Å². The molecule has 2 heterocycles. The van der Waals surface area contributed by atoms with Gasteiger partial charge < -0.3 is 10.6 Å². The SMILES string of the molecule is CC1(C)CCN(c2c(N)cncc2Br)C1. The monoisotopic (exact) mass is 269 g/mol. The maximum Gasteiger partial charge on any atom is 0.0776 e. The van der Waals surface area contributed by atoms with Crippen molar-refractivity contribution >= 4 is 27.3 Å². The van der Waals surface area contributed by atoms with Crippen LogP contribution in [0.3, 0.4) is 0 Å². The van der Waals surface area contributed by atoms with Gasteiger partial charge in [-0.15, -0.1) is 0 Å². The van der Waals surface area contributed by atoms with Crippen LogP contribution in [0.2, 0.25) is 0 Å². The summed E-state index contributed by atoms with van der Waals surface area (Å²) < 4.78 is 0.986. The Morgan fingerprint density at radius 2 is 2.20 bits per heavy atom. The summed E-state index contributed by atoms with van der Waals surface area (Å²) in [4.78, 5) is 6.39. The molecule has 0 radical (unpaired) electrons. The fourth-order valence-corrected chi connectivity index (χ4v) is 2.68. The van der Waals surface area contributed by atoms with E-state index in [0.29, 0.717) is 5.41 Å².